The molecule has 0 radical (unpaired) electrons. The molecule has 0 bridgehead atoms. The van der Waals surface area contributed by atoms with E-state index < -0.39 is 11.7 Å². The molecular weight excluding hydrogens is 308 g/mol. The number of carbonyl (C=O) groups excluding carboxylic acids is 1. The molecule has 0 aliphatic carbocycles. The van der Waals surface area contributed by atoms with Gasteiger partial charge in [0.2, 0.25) is 0 Å². The maximum Gasteiger partial charge on any atom is 0.414 e. The maximum atomic E-state index is 12.5. The molecule has 1 aromatic carbocycles. The van der Waals surface area contributed by atoms with Gasteiger partial charge in [-0.3, -0.25) is 4.90 Å². The zero-order valence-corrected chi connectivity index (χ0v) is 14.8. The fraction of sp³-hybridized carbons (Fsp3) is 0.611. The highest BCUT2D eigenvalue weighted by molar-refractivity contribution is 5.88. The first-order valence-electron chi connectivity index (χ1n) is 8.44. The van der Waals surface area contributed by atoms with E-state index in [9.17, 15) is 4.79 Å². The molecule has 2 rings (SSSR count). The molecule has 2 N–H and O–H groups in total. The molecule has 134 valence electrons. The minimum absolute atomic E-state index is 0.175. The summed E-state index contributed by atoms with van der Waals surface area (Å²) in [5, 5.41) is 0. The SMILES string of the molecule is CC(C)(C)OC(=O)N(CCOC1CCCCO1)c1ccc(N)cc1. The van der Waals surface area contributed by atoms with Crippen molar-refractivity contribution in [3.05, 3.63) is 24.3 Å². The van der Waals surface area contributed by atoms with Crippen molar-refractivity contribution >= 4 is 17.5 Å². The van der Waals surface area contributed by atoms with E-state index in [0.717, 1.165) is 31.6 Å². The summed E-state index contributed by atoms with van der Waals surface area (Å²) >= 11 is 0. The second kappa shape index (κ2) is 8.35. The normalized spacial score (nSPS) is 18.2. The molecule has 6 heteroatoms. The van der Waals surface area contributed by atoms with Crippen molar-refractivity contribution in [2.24, 2.45) is 0 Å². The lowest BCUT2D eigenvalue weighted by molar-refractivity contribution is -0.160. The van der Waals surface area contributed by atoms with Gasteiger partial charge in [0.05, 0.1) is 13.2 Å². The minimum Gasteiger partial charge on any atom is -0.443 e. The van der Waals surface area contributed by atoms with E-state index in [1.807, 2.05) is 20.8 Å². The Morgan fingerprint density at radius 2 is 2.00 bits per heavy atom. The summed E-state index contributed by atoms with van der Waals surface area (Å²) in [4.78, 5) is 14.1. The molecule has 1 aromatic rings. The summed E-state index contributed by atoms with van der Waals surface area (Å²) in [5.74, 6) is 0. The molecular formula is C18H28N2O4. The van der Waals surface area contributed by atoms with Gasteiger partial charge >= 0.3 is 6.09 Å². The fourth-order valence-corrected chi connectivity index (χ4v) is 2.42. The van der Waals surface area contributed by atoms with Gasteiger partial charge in [0.15, 0.2) is 6.29 Å². The molecule has 1 heterocycles. The second-order valence-corrected chi connectivity index (χ2v) is 6.89. The van der Waals surface area contributed by atoms with E-state index >= 15 is 0 Å². The minimum atomic E-state index is -0.559. The van der Waals surface area contributed by atoms with Crippen LogP contribution in [0.5, 0.6) is 0 Å². The number of nitrogen functional groups attached to an aromatic ring is 1. The van der Waals surface area contributed by atoms with Crippen molar-refractivity contribution in [1.29, 1.82) is 0 Å². The predicted octanol–water partition coefficient (Wildman–Crippen LogP) is 3.55. The number of ether oxygens (including phenoxy) is 3. The van der Waals surface area contributed by atoms with Crippen LogP contribution in [0.15, 0.2) is 24.3 Å². The van der Waals surface area contributed by atoms with Crippen LogP contribution in [0.25, 0.3) is 0 Å². The van der Waals surface area contributed by atoms with Crippen molar-refractivity contribution in [2.75, 3.05) is 30.4 Å². The number of amides is 1. The van der Waals surface area contributed by atoms with Crippen LogP contribution in [0, 0.1) is 0 Å². The molecule has 0 aromatic heterocycles. The van der Waals surface area contributed by atoms with Gasteiger partial charge in [0.1, 0.15) is 5.60 Å². The molecule has 1 amide bonds. The Bertz CT molecular complexity index is 519. The van der Waals surface area contributed by atoms with Crippen molar-refractivity contribution in [3.63, 3.8) is 0 Å². The van der Waals surface area contributed by atoms with Gasteiger partial charge in [-0.2, -0.15) is 0 Å². The summed E-state index contributed by atoms with van der Waals surface area (Å²) < 4.78 is 16.8. The molecule has 1 fully saturated rings. The number of hydrogen-bond acceptors (Lipinski definition) is 5. The van der Waals surface area contributed by atoms with Crippen LogP contribution in [0.1, 0.15) is 40.0 Å². The van der Waals surface area contributed by atoms with Crippen LogP contribution in [0.4, 0.5) is 16.2 Å². The monoisotopic (exact) mass is 336 g/mol. The third-order valence-corrected chi connectivity index (χ3v) is 3.58. The summed E-state index contributed by atoms with van der Waals surface area (Å²) in [5.41, 5.74) is 6.54. The molecule has 0 saturated carbocycles. The van der Waals surface area contributed by atoms with Crippen molar-refractivity contribution in [3.8, 4) is 0 Å². The van der Waals surface area contributed by atoms with E-state index in [0.29, 0.717) is 18.8 Å². The van der Waals surface area contributed by atoms with Gasteiger partial charge in [-0.05, 0) is 64.3 Å². The first-order chi connectivity index (χ1) is 11.3. The number of hydrogen-bond donors (Lipinski definition) is 1. The second-order valence-electron chi connectivity index (χ2n) is 6.89. The zero-order valence-electron chi connectivity index (χ0n) is 14.8. The fourth-order valence-electron chi connectivity index (χ4n) is 2.42. The molecule has 1 aliphatic rings. The highest BCUT2D eigenvalue weighted by Crippen LogP contribution is 2.20. The van der Waals surface area contributed by atoms with Gasteiger partial charge in [0.25, 0.3) is 0 Å². The Labute approximate surface area is 143 Å². The van der Waals surface area contributed by atoms with Crippen LogP contribution in [-0.2, 0) is 14.2 Å². The van der Waals surface area contributed by atoms with Crippen molar-refractivity contribution < 1.29 is 19.0 Å². The standard InChI is InChI=1S/C18H28N2O4/c1-18(2,3)24-17(21)20(15-9-7-14(19)8-10-15)11-13-23-16-6-4-5-12-22-16/h7-10,16H,4-6,11-13,19H2,1-3H3. The summed E-state index contributed by atoms with van der Waals surface area (Å²) in [6, 6.07) is 7.13. The van der Waals surface area contributed by atoms with Gasteiger partial charge in [-0.25, -0.2) is 4.79 Å². The third-order valence-electron chi connectivity index (χ3n) is 3.58. The number of anilines is 2. The number of benzene rings is 1. The van der Waals surface area contributed by atoms with Crippen LogP contribution in [-0.4, -0.2) is 37.7 Å². The van der Waals surface area contributed by atoms with E-state index in [-0.39, 0.29) is 6.29 Å². The zero-order chi connectivity index (χ0) is 17.6. The average molecular weight is 336 g/mol. The van der Waals surface area contributed by atoms with Crippen LogP contribution < -0.4 is 10.6 Å². The highest BCUT2D eigenvalue weighted by Gasteiger charge is 2.24. The predicted molar refractivity (Wildman–Crippen MR) is 94.0 cm³/mol. The Morgan fingerprint density at radius 1 is 1.29 bits per heavy atom. The molecule has 0 spiro atoms. The third kappa shape index (κ3) is 6.02. The summed E-state index contributed by atoms with van der Waals surface area (Å²) in [6.07, 6.45) is 2.51. The topological polar surface area (TPSA) is 74.0 Å². The van der Waals surface area contributed by atoms with Crippen molar-refractivity contribution in [1.82, 2.24) is 0 Å². The van der Waals surface area contributed by atoms with Gasteiger partial charge < -0.3 is 19.9 Å². The Hall–Kier alpha value is -1.79. The first kappa shape index (κ1) is 18.5. The molecule has 1 unspecified atom stereocenters. The van der Waals surface area contributed by atoms with Crippen molar-refractivity contribution in [2.45, 2.75) is 51.9 Å². The lowest BCUT2D eigenvalue weighted by Gasteiger charge is -2.28. The summed E-state index contributed by atoms with van der Waals surface area (Å²) in [6.45, 7) is 7.04. The molecule has 1 aliphatic heterocycles. The number of nitrogens with two attached hydrogens (primary N) is 1. The first-order valence-corrected chi connectivity index (χ1v) is 8.44. The van der Waals surface area contributed by atoms with E-state index in [2.05, 4.69) is 0 Å². The Balaban J connectivity index is 1.98. The van der Waals surface area contributed by atoms with Crippen LogP contribution in [0.2, 0.25) is 0 Å². The maximum absolute atomic E-state index is 12.5. The molecule has 1 saturated heterocycles. The highest BCUT2D eigenvalue weighted by atomic mass is 16.7. The van der Waals surface area contributed by atoms with Gasteiger partial charge in [0, 0.05) is 18.0 Å². The average Bonchev–Trinajstić information content (AvgIpc) is 2.52. The van der Waals surface area contributed by atoms with Gasteiger partial charge in [-0.1, -0.05) is 0 Å². The van der Waals surface area contributed by atoms with E-state index in [4.69, 9.17) is 19.9 Å². The quantitative estimate of drug-likeness (QED) is 0.832. The lowest BCUT2D eigenvalue weighted by Crippen LogP contribution is -2.39. The van der Waals surface area contributed by atoms with Crippen LogP contribution in [0.3, 0.4) is 0 Å². The summed E-state index contributed by atoms with van der Waals surface area (Å²) in [7, 11) is 0. The van der Waals surface area contributed by atoms with Gasteiger partial charge in [-0.15, -0.1) is 0 Å². The number of nitrogens with zero attached hydrogens (tertiary/aromatic N) is 1. The smallest absolute Gasteiger partial charge is 0.414 e. The number of carbonyl (C=O) groups is 1. The number of rotatable bonds is 5. The molecule has 24 heavy (non-hydrogen) atoms. The Morgan fingerprint density at radius 3 is 2.58 bits per heavy atom. The molecule has 1 atom stereocenters. The largest absolute Gasteiger partial charge is 0.443 e. The van der Waals surface area contributed by atoms with E-state index in [1.54, 1.807) is 29.2 Å². The van der Waals surface area contributed by atoms with Crippen LogP contribution >= 0.6 is 0 Å². The van der Waals surface area contributed by atoms with E-state index in [1.165, 1.54) is 0 Å². The lowest BCUT2D eigenvalue weighted by atomic mass is 10.2. The molecule has 6 nitrogen and oxygen atoms in total. The Kier molecular flexibility index (Phi) is 6.45.